The Morgan fingerprint density at radius 2 is 1.94 bits per heavy atom. The largest absolute Gasteiger partial charge is 0.462 e. The number of aliphatic hydroxyl groups excluding tert-OH is 1. The Labute approximate surface area is 196 Å². The molecule has 0 bridgehead atoms. The number of halogens is 3. The van der Waals surface area contributed by atoms with Gasteiger partial charge in [0.25, 0.3) is 0 Å². The van der Waals surface area contributed by atoms with E-state index in [-0.39, 0.29) is 35.9 Å². The van der Waals surface area contributed by atoms with E-state index in [1.807, 2.05) is 13.0 Å². The van der Waals surface area contributed by atoms with E-state index < -0.39 is 11.7 Å². The molecule has 7 atom stereocenters. The summed E-state index contributed by atoms with van der Waals surface area (Å²) in [5, 5.41) is 10.3. The molecule has 1 saturated heterocycles. The predicted molar refractivity (Wildman–Crippen MR) is 121 cm³/mol. The first kappa shape index (κ1) is 23.1. The Kier molecular flexibility index (Phi) is 6.00. The van der Waals surface area contributed by atoms with Crippen LogP contribution in [-0.2, 0) is 15.7 Å². The maximum atomic E-state index is 13.0. The van der Waals surface area contributed by atoms with Crippen LogP contribution in [0, 0.1) is 29.6 Å². The highest BCUT2D eigenvalue weighted by Crippen LogP contribution is 2.53. The highest BCUT2D eigenvalue weighted by atomic mass is 19.4. The lowest BCUT2D eigenvalue weighted by Crippen LogP contribution is -2.45. The van der Waals surface area contributed by atoms with Crippen LogP contribution >= 0.6 is 0 Å². The second-order valence-corrected chi connectivity index (χ2v) is 9.94. The molecule has 180 valence electrons. The van der Waals surface area contributed by atoms with Crippen LogP contribution in [0.4, 0.5) is 13.2 Å². The molecule has 4 nitrogen and oxygen atoms in total. The molecule has 2 aliphatic carbocycles. The number of pyridine rings is 1. The van der Waals surface area contributed by atoms with E-state index in [0.29, 0.717) is 28.7 Å². The third kappa shape index (κ3) is 4.38. The van der Waals surface area contributed by atoms with Gasteiger partial charge in [0.2, 0.25) is 0 Å². The zero-order chi connectivity index (χ0) is 24.0. The first-order chi connectivity index (χ1) is 16.2. The normalized spacial score (nSPS) is 33.4. The van der Waals surface area contributed by atoms with Gasteiger partial charge in [-0.2, -0.15) is 13.2 Å². The van der Waals surface area contributed by atoms with Crippen LogP contribution in [0.3, 0.4) is 0 Å². The molecule has 3 aliphatic rings. The minimum absolute atomic E-state index is 0.0830. The number of rotatable bonds is 3. The van der Waals surface area contributed by atoms with Crippen molar-refractivity contribution in [1.29, 1.82) is 0 Å². The van der Waals surface area contributed by atoms with Gasteiger partial charge >= 0.3 is 12.1 Å². The van der Waals surface area contributed by atoms with Crippen LogP contribution in [0.5, 0.6) is 0 Å². The number of allylic oxidation sites excluding steroid dienone is 1. The highest BCUT2D eigenvalue weighted by Gasteiger charge is 2.54. The van der Waals surface area contributed by atoms with Crippen molar-refractivity contribution in [2.75, 3.05) is 0 Å². The van der Waals surface area contributed by atoms with Crippen molar-refractivity contribution >= 4 is 12.0 Å². The van der Waals surface area contributed by atoms with Gasteiger partial charge in [-0.1, -0.05) is 24.3 Å². The molecule has 2 saturated carbocycles. The van der Waals surface area contributed by atoms with E-state index in [0.717, 1.165) is 37.8 Å². The summed E-state index contributed by atoms with van der Waals surface area (Å²) in [5.74, 6) is 0.669. The number of carbonyl (C=O) groups excluding carboxylic acids is 1. The van der Waals surface area contributed by atoms with E-state index in [4.69, 9.17) is 4.74 Å². The van der Waals surface area contributed by atoms with Crippen LogP contribution < -0.4 is 0 Å². The summed E-state index contributed by atoms with van der Waals surface area (Å²) in [5.41, 5.74) is 1.08. The number of carbonyl (C=O) groups is 1. The second-order valence-electron chi connectivity index (χ2n) is 9.94. The number of nitrogens with zero attached hydrogens (tertiary/aromatic N) is 1. The van der Waals surface area contributed by atoms with Crippen molar-refractivity contribution in [2.45, 2.75) is 51.0 Å². The van der Waals surface area contributed by atoms with Crippen LogP contribution in [-0.4, -0.2) is 28.3 Å². The SMILES string of the molecule is C[C@H]1OC(=O)C2CC3CCC(O)CC3[C@H](C=Cc3ccc(-c4cccc(C(F)(F)F)c4)cn3)C21. The molecule has 0 spiro atoms. The summed E-state index contributed by atoms with van der Waals surface area (Å²) in [4.78, 5) is 16.9. The van der Waals surface area contributed by atoms with Crippen molar-refractivity contribution in [3.63, 3.8) is 0 Å². The topological polar surface area (TPSA) is 59.4 Å². The van der Waals surface area contributed by atoms with Crippen LogP contribution in [0.15, 0.2) is 48.7 Å². The zero-order valence-electron chi connectivity index (χ0n) is 18.9. The minimum Gasteiger partial charge on any atom is -0.462 e. The molecule has 5 unspecified atom stereocenters. The highest BCUT2D eigenvalue weighted by molar-refractivity contribution is 5.75. The number of aliphatic hydroxyl groups is 1. The Morgan fingerprint density at radius 1 is 1.12 bits per heavy atom. The number of aromatic nitrogens is 1. The summed E-state index contributed by atoms with van der Waals surface area (Å²) >= 11 is 0. The number of ether oxygens (including phenoxy) is 1. The molecule has 0 radical (unpaired) electrons. The Balaban J connectivity index is 1.38. The standard InChI is InChI=1S/C27H28F3NO3/c1-15-25-22(23-13-21(32)9-6-17(23)12-24(25)26(33)34-15)10-8-20-7-5-18(14-31-20)16-3-2-4-19(11-16)27(28,29)30/h2-5,7-8,10-11,14-15,17,21-25,32H,6,9,12-13H2,1H3/t15-,17?,21?,22+,23?,24?,25?/m1/s1. The number of alkyl halides is 3. The summed E-state index contributed by atoms with van der Waals surface area (Å²) in [6.07, 6.45) is 4.01. The fourth-order valence-electron chi connectivity index (χ4n) is 6.32. The molecular weight excluding hydrogens is 443 g/mol. The molecule has 2 heterocycles. The molecule has 1 aliphatic heterocycles. The number of fused-ring (bicyclic) bond motifs is 2. The molecule has 34 heavy (non-hydrogen) atoms. The van der Waals surface area contributed by atoms with Gasteiger partial charge in [-0.25, -0.2) is 0 Å². The lowest BCUT2D eigenvalue weighted by molar-refractivity contribution is -0.144. The fourth-order valence-corrected chi connectivity index (χ4v) is 6.32. The van der Waals surface area contributed by atoms with Crippen LogP contribution in [0.25, 0.3) is 17.2 Å². The van der Waals surface area contributed by atoms with Crippen LogP contribution in [0.1, 0.15) is 43.9 Å². The molecule has 1 aromatic heterocycles. The third-order valence-electron chi connectivity index (χ3n) is 7.93. The Hall–Kier alpha value is -2.67. The van der Waals surface area contributed by atoms with Crippen LogP contribution in [0.2, 0.25) is 0 Å². The third-order valence-corrected chi connectivity index (χ3v) is 7.93. The maximum absolute atomic E-state index is 13.0. The van der Waals surface area contributed by atoms with Gasteiger partial charge in [0.1, 0.15) is 6.10 Å². The number of benzene rings is 1. The first-order valence-corrected chi connectivity index (χ1v) is 11.9. The molecule has 5 rings (SSSR count). The smallest absolute Gasteiger partial charge is 0.416 e. The van der Waals surface area contributed by atoms with Crippen molar-refractivity contribution in [3.8, 4) is 11.1 Å². The summed E-state index contributed by atoms with van der Waals surface area (Å²) < 4.78 is 44.7. The zero-order valence-corrected chi connectivity index (χ0v) is 18.9. The number of cyclic esters (lactones) is 1. The number of esters is 1. The fraction of sp³-hybridized carbons (Fsp3) is 0.481. The molecular formula is C27H28F3NO3. The first-order valence-electron chi connectivity index (χ1n) is 11.9. The number of hydrogen-bond donors (Lipinski definition) is 1. The lowest BCUT2D eigenvalue weighted by Gasteiger charge is -2.46. The Morgan fingerprint density at radius 3 is 2.68 bits per heavy atom. The van der Waals surface area contributed by atoms with Crippen molar-refractivity contribution in [2.24, 2.45) is 29.6 Å². The van der Waals surface area contributed by atoms with E-state index in [9.17, 15) is 23.1 Å². The Bertz CT molecular complexity index is 1080. The van der Waals surface area contributed by atoms with Gasteiger partial charge in [0.05, 0.1) is 23.3 Å². The van der Waals surface area contributed by atoms with Crippen molar-refractivity contribution in [3.05, 3.63) is 59.9 Å². The average molecular weight is 472 g/mol. The number of hydrogen-bond acceptors (Lipinski definition) is 4. The van der Waals surface area contributed by atoms with E-state index in [1.165, 1.54) is 6.07 Å². The van der Waals surface area contributed by atoms with Gasteiger partial charge < -0.3 is 9.84 Å². The van der Waals surface area contributed by atoms with Crippen molar-refractivity contribution < 1.29 is 27.8 Å². The molecule has 1 aromatic carbocycles. The van der Waals surface area contributed by atoms with E-state index in [2.05, 4.69) is 11.1 Å². The lowest BCUT2D eigenvalue weighted by atomic mass is 9.57. The monoisotopic (exact) mass is 471 g/mol. The molecule has 2 aromatic rings. The summed E-state index contributed by atoms with van der Waals surface area (Å²) in [6, 6.07) is 8.77. The second kappa shape index (κ2) is 8.84. The average Bonchev–Trinajstić information content (AvgIpc) is 3.10. The van der Waals surface area contributed by atoms with E-state index >= 15 is 0 Å². The molecule has 3 fully saturated rings. The predicted octanol–water partition coefficient (Wildman–Crippen LogP) is 5.76. The maximum Gasteiger partial charge on any atom is 0.416 e. The van der Waals surface area contributed by atoms with Crippen molar-refractivity contribution in [1.82, 2.24) is 4.98 Å². The van der Waals surface area contributed by atoms with Gasteiger partial charge in [-0.3, -0.25) is 9.78 Å². The van der Waals surface area contributed by atoms with Gasteiger partial charge in [-0.05, 0) is 80.2 Å². The van der Waals surface area contributed by atoms with Gasteiger partial charge in [0.15, 0.2) is 0 Å². The van der Waals surface area contributed by atoms with Gasteiger partial charge in [0, 0.05) is 17.7 Å². The molecule has 1 N–H and O–H groups in total. The van der Waals surface area contributed by atoms with E-state index in [1.54, 1.807) is 24.4 Å². The van der Waals surface area contributed by atoms with Gasteiger partial charge in [-0.15, -0.1) is 0 Å². The molecule has 0 amide bonds. The quantitative estimate of drug-likeness (QED) is 0.579. The summed E-state index contributed by atoms with van der Waals surface area (Å²) in [7, 11) is 0. The molecule has 7 heteroatoms. The minimum atomic E-state index is -4.39. The summed E-state index contributed by atoms with van der Waals surface area (Å²) in [6.45, 7) is 1.95.